The van der Waals surface area contributed by atoms with Crippen molar-refractivity contribution in [3.8, 4) is 5.75 Å². The second-order valence-electron chi connectivity index (χ2n) is 9.63. The van der Waals surface area contributed by atoms with E-state index in [0.29, 0.717) is 9.27 Å². The van der Waals surface area contributed by atoms with Gasteiger partial charge in [-0.2, -0.15) is 4.99 Å². The summed E-state index contributed by atoms with van der Waals surface area (Å²) in [5, 5.41) is 14.7. The van der Waals surface area contributed by atoms with Crippen LogP contribution in [0.2, 0.25) is 0 Å². The van der Waals surface area contributed by atoms with Gasteiger partial charge in [0.15, 0.2) is 5.17 Å². The van der Waals surface area contributed by atoms with Gasteiger partial charge in [0, 0.05) is 11.8 Å². The van der Waals surface area contributed by atoms with Gasteiger partial charge in [0.1, 0.15) is 5.57 Å². The summed E-state index contributed by atoms with van der Waals surface area (Å²) in [5.74, 6) is -1.96. The highest BCUT2D eigenvalue weighted by Crippen LogP contribution is 2.35. The second-order valence-corrected chi connectivity index (χ2v) is 11.7. The van der Waals surface area contributed by atoms with Gasteiger partial charge in [0.25, 0.3) is 11.8 Å². The van der Waals surface area contributed by atoms with Crippen molar-refractivity contribution in [1.82, 2.24) is 10.2 Å². The Labute approximate surface area is 283 Å². The van der Waals surface area contributed by atoms with Crippen LogP contribution in [0, 0.1) is 13.7 Å². The largest absolute Gasteiger partial charge is 0.489 e. The molecule has 0 unspecified atom stereocenters. The first-order valence-electron chi connectivity index (χ1n) is 13.9. The Balaban J connectivity index is 1.66. The van der Waals surface area contributed by atoms with Crippen molar-refractivity contribution in [2.24, 2.45) is 4.99 Å². The third-order valence-electron chi connectivity index (χ3n) is 6.67. The fourth-order valence-electron chi connectivity index (χ4n) is 4.58. The summed E-state index contributed by atoms with van der Waals surface area (Å²) in [5.41, 5.74) is 1.80. The van der Waals surface area contributed by atoms with Crippen LogP contribution in [-0.4, -0.2) is 45.6 Å². The number of ether oxygens (including phenoxy) is 1. The van der Waals surface area contributed by atoms with Crippen LogP contribution in [0.25, 0.3) is 6.08 Å². The number of nitro benzene ring substituents is 1. The van der Waals surface area contributed by atoms with Gasteiger partial charge < -0.3 is 10.1 Å². The first-order valence-corrected chi connectivity index (χ1v) is 15.9. The average Bonchev–Trinajstić information content (AvgIpc) is 3.06. The zero-order valence-corrected chi connectivity index (χ0v) is 27.9. The molecule has 0 radical (unpaired) electrons. The first kappa shape index (κ1) is 34.1. The molecular formula is C34H29IN4O6S. The molecular weight excluding hydrogens is 719 g/mol. The zero-order chi connectivity index (χ0) is 33.2. The van der Waals surface area contributed by atoms with E-state index in [1.54, 1.807) is 31.2 Å². The molecule has 0 saturated carbocycles. The van der Waals surface area contributed by atoms with E-state index >= 15 is 0 Å². The highest BCUT2D eigenvalue weighted by molar-refractivity contribution is 14.1. The summed E-state index contributed by atoms with van der Waals surface area (Å²) in [7, 11) is 1.32. The lowest BCUT2D eigenvalue weighted by Crippen LogP contribution is -2.42. The molecule has 1 aliphatic heterocycles. The van der Waals surface area contributed by atoms with Gasteiger partial charge in [0.2, 0.25) is 11.7 Å². The quantitative estimate of drug-likeness (QED) is 0.0584. The van der Waals surface area contributed by atoms with Crippen molar-refractivity contribution >= 4 is 69.0 Å². The third-order valence-corrected chi connectivity index (χ3v) is 8.41. The Bertz CT molecular complexity index is 1750. The molecule has 3 aromatic rings. The number of amides is 3. The normalized spacial score (nSPS) is 14.5. The van der Waals surface area contributed by atoms with Crippen molar-refractivity contribution in [3.63, 3.8) is 0 Å². The molecule has 0 saturated heterocycles. The van der Waals surface area contributed by atoms with Crippen molar-refractivity contribution in [2.75, 3.05) is 12.9 Å². The number of rotatable bonds is 11. The SMILES string of the molecule is C=C/C=C\C(=C/C)N1C(=O)/C(=C/c2cc(I)c(OC)c([N+](=O)[O-])c2)C(=O)N=C1SCC(=O)NC(c1ccccc1)c1ccccc1. The molecule has 0 spiro atoms. The number of nitro groups is 1. The minimum absolute atomic E-state index is 0.00961. The lowest BCUT2D eigenvalue weighted by atomic mass is 9.99. The highest BCUT2D eigenvalue weighted by Gasteiger charge is 2.35. The number of aliphatic imine (C=N–C) groups is 1. The monoisotopic (exact) mass is 748 g/mol. The highest BCUT2D eigenvalue weighted by atomic mass is 127. The van der Waals surface area contributed by atoms with Crippen LogP contribution in [0.5, 0.6) is 5.75 Å². The maximum atomic E-state index is 13.9. The van der Waals surface area contributed by atoms with Gasteiger partial charge in [-0.15, -0.1) is 0 Å². The van der Waals surface area contributed by atoms with Crippen LogP contribution < -0.4 is 10.1 Å². The maximum absolute atomic E-state index is 13.9. The van der Waals surface area contributed by atoms with E-state index in [9.17, 15) is 24.5 Å². The fourth-order valence-corrected chi connectivity index (χ4v) is 6.24. The molecule has 234 valence electrons. The van der Waals surface area contributed by atoms with Gasteiger partial charge in [-0.3, -0.25) is 29.4 Å². The van der Waals surface area contributed by atoms with E-state index < -0.39 is 22.8 Å². The molecule has 0 aromatic heterocycles. The van der Waals surface area contributed by atoms with Crippen molar-refractivity contribution in [1.29, 1.82) is 0 Å². The Morgan fingerprint density at radius 2 is 1.76 bits per heavy atom. The topological polar surface area (TPSA) is 131 Å². The van der Waals surface area contributed by atoms with Crippen LogP contribution in [0.1, 0.15) is 29.7 Å². The van der Waals surface area contributed by atoms with E-state index in [0.717, 1.165) is 22.9 Å². The number of carbonyl (C=O) groups is 3. The average molecular weight is 749 g/mol. The number of nitrogens with zero attached hydrogens (tertiary/aromatic N) is 3. The lowest BCUT2D eigenvalue weighted by Gasteiger charge is -2.28. The molecule has 1 N–H and O–H groups in total. The van der Waals surface area contributed by atoms with Crippen LogP contribution in [0.3, 0.4) is 0 Å². The summed E-state index contributed by atoms with van der Waals surface area (Å²) in [4.78, 5) is 57.0. The predicted octanol–water partition coefficient (Wildman–Crippen LogP) is 6.60. The number of hydrogen-bond acceptors (Lipinski definition) is 7. The summed E-state index contributed by atoms with van der Waals surface area (Å²) in [6.45, 7) is 5.39. The molecule has 46 heavy (non-hydrogen) atoms. The smallest absolute Gasteiger partial charge is 0.312 e. The Morgan fingerprint density at radius 3 is 2.30 bits per heavy atom. The summed E-state index contributed by atoms with van der Waals surface area (Å²) in [6, 6.07) is 21.4. The predicted molar refractivity (Wildman–Crippen MR) is 188 cm³/mol. The number of hydrogen-bond donors (Lipinski definition) is 1. The molecule has 3 amide bonds. The van der Waals surface area contributed by atoms with Crippen molar-refractivity contribution in [2.45, 2.75) is 13.0 Å². The number of benzene rings is 3. The minimum atomic E-state index is -0.841. The number of halogens is 1. The minimum Gasteiger partial charge on any atom is -0.489 e. The molecule has 0 bridgehead atoms. The molecule has 1 heterocycles. The fraction of sp³-hybridized carbons (Fsp3) is 0.118. The summed E-state index contributed by atoms with van der Waals surface area (Å²) < 4.78 is 5.59. The van der Waals surface area contributed by atoms with Gasteiger partial charge in [-0.1, -0.05) is 97.2 Å². The first-order chi connectivity index (χ1) is 22.2. The number of allylic oxidation sites excluding steroid dienone is 4. The van der Waals surface area contributed by atoms with Crippen LogP contribution >= 0.6 is 34.4 Å². The molecule has 1 aliphatic rings. The molecule has 0 fully saturated rings. The molecule has 4 rings (SSSR count). The number of methoxy groups -OCH3 is 1. The lowest BCUT2D eigenvalue weighted by molar-refractivity contribution is -0.385. The molecule has 10 nitrogen and oxygen atoms in total. The Morgan fingerprint density at radius 1 is 1.13 bits per heavy atom. The van der Waals surface area contributed by atoms with E-state index in [1.807, 2.05) is 83.3 Å². The number of thioether (sulfide) groups is 1. The maximum Gasteiger partial charge on any atom is 0.312 e. The molecule has 0 aliphatic carbocycles. The molecule has 3 aromatic carbocycles. The zero-order valence-electron chi connectivity index (χ0n) is 24.9. The number of carbonyl (C=O) groups excluding carboxylic acids is 3. The van der Waals surface area contributed by atoms with Crippen LogP contribution in [-0.2, 0) is 14.4 Å². The molecule has 0 atom stereocenters. The van der Waals surface area contributed by atoms with Crippen LogP contribution in [0.4, 0.5) is 5.69 Å². The summed E-state index contributed by atoms with van der Waals surface area (Å²) >= 11 is 2.83. The summed E-state index contributed by atoms with van der Waals surface area (Å²) in [6.07, 6.45) is 7.69. The van der Waals surface area contributed by atoms with Crippen molar-refractivity contribution in [3.05, 3.63) is 145 Å². The van der Waals surface area contributed by atoms with E-state index in [1.165, 1.54) is 30.2 Å². The van der Waals surface area contributed by atoms with Gasteiger partial charge in [-0.05, 0) is 64.4 Å². The Kier molecular flexibility index (Phi) is 11.8. The van der Waals surface area contributed by atoms with Gasteiger partial charge in [-0.25, -0.2) is 0 Å². The van der Waals surface area contributed by atoms with E-state index in [4.69, 9.17) is 4.74 Å². The Hall–Kier alpha value is -4.82. The van der Waals surface area contributed by atoms with E-state index in [2.05, 4.69) is 16.9 Å². The second kappa shape index (κ2) is 16.0. The number of amidine groups is 1. The van der Waals surface area contributed by atoms with Crippen molar-refractivity contribution < 1.29 is 24.0 Å². The standard InChI is InChI=1S/C34H29IN4O6S/c1-4-6-17-25(5-2)38-33(42)26(18-22-19-27(35)31(45-3)28(20-22)39(43)44)32(41)37-34(38)46-21-29(40)36-30(23-13-9-7-10-14-23)24-15-11-8-12-16-24/h4-20,30H,1,21H2,2-3H3,(H,36,40)/b17-6-,25-5+,26-18+. The van der Waals surface area contributed by atoms with Gasteiger partial charge in [0.05, 0.1) is 27.4 Å². The molecule has 12 heteroatoms. The third kappa shape index (κ3) is 8.06. The number of nitrogens with one attached hydrogen (secondary N) is 1. The van der Waals surface area contributed by atoms with E-state index in [-0.39, 0.29) is 39.4 Å². The van der Waals surface area contributed by atoms with Gasteiger partial charge >= 0.3 is 5.69 Å². The van der Waals surface area contributed by atoms with Crippen LogP contribution in [0.15, 0.2) is 120 Å².